The van der Waals surface area contributed by atoms with Crippen LogP contribution in [-0.2, 0) is 0 Å². The molecule has 0 aromatic heterocycles. The Hall–Kier alpha value is -1.75. The quantitative estimate of drug-likeness (QED) is 0.759. The fraction of sp³-hybridized carbons (Fsp3) is 0.400. The summed E-state index contributed by atoms with van der Waals surface area (Å²) in [4.78, 5) is 2.14. The van der Waals surface area contributed by atoms with Crippen molar-refractivity contribution in [1.29, 1.82) is 0 Å². The van der Waals surface area contributed by atoms with Gasteiger partial charge in [-0.25, -0.2) is 8.78 Å². The number of allylic oxidation sites excluding steroid dienone is 1. The zero-order valence-electron chi connectivity index (χ0n) is 11.7. The number of nitrogens with zero attached hydrogens (tertiary/aromatic N) is 3. The van der Waals surface area contributed by atoms with Gasteiger partial charge < -0.3 is 4.90 Å². The molecule has 2 heterocycles. The fourth-order valence-electron chi connectivity index (χ4n) is 3.05. The molecule has 3 nitrogen and oxygen atoms in total. The lowest BCUT2D eigenvalue weighted by Gasteiger charge is -2.32. The van der Waals surface area contributed by atoms with E-state index < -0.39 is 5.82 Å². The van der Waals surface area contributed by atoms with Crippen LogP contribution in [0.3, 0.4) is 0 Å². The second-order valence-electron chi connectivity index (χ2n) is 5.70. The van der Waals surface area contributed by atoms with E-state index in [1.54, 1.807) is 6.21 Å². The molecular formula is C15H18F2N3+. The number of benzene rings is 1. The van der Waals surface area contributed by atoms with Crippen LogP contribution in [0.4, 0.5) is 8.78 Å². The van der Waals surface area contributed by atoms with Gasteiger partial charge in [-0.15, -0.1) is 0 Å². The smallest absolute Gasteiger partial charge is 0.232 e. The van der Waals surface area contributed by atoms with Crippen molar-refractivity contribution in [2.24, 2.45) is 5.10 Å². The van der Waals surface area contributed by atoms with Crippen molar-refractivity contribution in [2.45, 2.75) is 18.9 Å². The van der Waals surface area contributed by atoms with Crippen molar-refractivity contribution in [3.8, 4) is 0 Å². The summed E-state index contributed by atoms with van der Waals surface area (Å²) in [6.07, 6.45) is 5.53. The Morgan fingerprint density at radius 1 is 1.30 bits per heavy atom. The summed E-state index contributed by atoms with van der Waals surface area (Å²) < 4.78 is 27.9. The topological polar surface area (TPSA) is 15.6 Å². The minimum atomic E-state index is -0.390. The largest absolute Gasteiger partial charge is 0.319 e. The number of quaternary nitrogens is 1. The molecule has 3 rings (SSSR count). The van der Waals surface area contributed by atoms with Gasteiger partial charge in [-0.1, -0.05) is 5.10 Å². The molecule has 0 radical (unpaired) electrons. The highest BCUT2D eigenvalue weighted by Crippen LogP contribution is 2.39. The van der Waals surface area contributed by atoms with Crippen molar-refractivity contribution < 1.29 is 13.4 Å². The van der Waals surface area contributed by atoms with Crippen molar-refractivity contribution in [3.63, 3.8) is 0 Å². The number of likely N-dealkylation sites (tertiary alicyclic amines) is 1. The molecule has 1 atom stereocenters. The molecule has 0 amide bonds. The molecule has 0 unspecified atom stereocenters. The molecule has 0 aliphatic carbocycles. The highest BCUT2D eigenvalue weighted by atomic mass is 19.1. The molecule has 0 N–H and O–H groups in total. The van der Waals surface area contributed by atoms with E-state index in [0.29, 0.717) is 10.2 Å². The van der Waals surface area contributed by atoms with Crippen LogP contribution >= 0.6 is 0 Å². The van der Waals surface area contributed by atoms with Gasteiger partial charge in [-0.05, 0) is 31.0 Å². The van der Waals surface area contributed by atoms with E-state index in [2.05, 4.69) is 10.0 Å². The van der Waals surface area contributed by atoms with Crippen LogP contribution in [0, 0.1) is 11.6 Å². The van der Waals surface area contributed by atoms with Gasteiger partial charge in [0.25, 0.3) is 0 Å². The first kappa shape index (κ1) is 13.2. The van der Waals surface area contributed by atoms with E-state index in [9.17, 15) is 8.78 Å². The number of hydrogen-bond acceptors (Lipinski definition) is 2. The van der Waals surface area contributed by atoms with Gasteiger partial charge in [0.1, 0.15) is 11.6 Å². The lowest BCUT2D eigenvalue weighted by atomic mass is 10.0. The van der Waals surface area contributed by atoms with E-state index in [1.165, 1.54) is 12.1 Å². The van der Waals surface area contributed by atoms with Gasteiger partial charge in [0.05, 0.1) is 26.4 Å². The van der Waals surface area contributed by atoms with E-state index in [4.69, 9.17) is 0 Å². The number of halogens is 2. The Kier molecular flexibility index (Phi) is 3.09. The Morgan fingerprint density at radius 2 is 2.10 bits per heavy atom. The van der Waals surface area contributed by atoms with Crippen molar-refractivity contribution in [3.05, 3.63) is 47.3 Å². The summed E-state index contributed by atoms with van der Waals surface area (Å²) in [5, 5.41) is 4.37. The van der Waals surface area contributed by atoms with E-state index >= 15 is 0 Å². The molecule has 2 aliphatic heterocycles. The fourth-order valence-corrected chi connectivity index (χ4v) is 3.05. The first-order valence-electron chi connectivity index (χ1n) is 6.81. The minimum Gasteiger partial charge on any atom is -0.319 e. The third kappa shape index (κ3) is 2.12. The zero-order chi connectivity index (χ0) is 14.3. The maximum atomic E-state index is 14.0. The lowest BCUT2D eigenvalue weighted by molar-refractivity contribution is -0.865. The monoisotopic (exact) mass is 278 g/mol. The van der Waals surface area contributed by atoms with Crippen molar-refractivity contribution >= 4 is 6.21 Å². The third-order valence-electron chi connectivity index (χ3n) is 4.00. The van der Waals surface area contributed by atoms with Crippen LogP contribution in [0.2, 0.25) is 0 Å². The molecular weight excluding hydrogens is 260 g/mol. The van der Waals surface area contributed by atoms with Crippen LogP contribution < -0.4 is 0 Å². The predicted molar refractivity (Wildman–Crippen MR) is 73.7 cm³/mol. The summed E-state index contributed by atoms with van der Waals surface area (Å²) in [6.45, 7) is 0.845. The first-order chi connectivity index (χ1) is 9.49. The zero-order valence-corrected chi connectivity index (χ0v) is 11.7. The molecule has 2 aliphatic rings. The maximum Gasteiger partial charge on any atom is 0.232 e. The highest BCUT2D eigenvalue weighted by Gasteiger charge is 2.38. The molecule has 0 spiro atoms. The molecule has 1 aromatic rings. The van der Waals surface area contributed by atoms with Crippen molar-refractivity contribution in [1.82, 2.24) is 4.90 Å². The van der Waals surface area contributed by atoms with Crippen LogP contribution in [0.15, 0.2) is 35.2 Å². The van der Waals surface area contributed by atoms with Gasteiger partial charge >= 0.3 is 0 Å². The standard InChI is InChI=1S/C15H18F2N3/c1-20(2)15(7-8-18-20)19-9-3-4-14(19)12-10-11(16)5-6-13(12)17/h5-8,10,14H,3-4,9H2,1-2H3/q+1/t14-/m1/s1. The van der Waals surface area contributed by atoms with Gasteiger partial charge in [-0.2, -0.15) is 4.59 Å². The molecule has 0 saturated carbocycles. The summed E-state index contributed by atoms with van der Waals surface area (Å²) in [6, 6.07) is 3.57. The first-order valence-corrected chi connectivity index (χ1v) is 6.81. The molecule has 20 heavy (non-hydrogen) atoms. The summed E-state index contributed by atoms with van der Waals surface area (Å²) in [5.41, 5.74) is 0.440. The van der Waals surface area contributed by atoms with Gasteiger partial charge in [-0.3, -0.25) is 0 Å². The van der Waals surface area contributed by atoms with Crippen LogP contribution in [0.5, 0.6) is 0 Å². The molecule has 1 saturated heterocycles. The predicted octanol–water partition coefficient (Wildman–Crippen LogP) is 3.02. The van der Waals surface area contributed by atoms with Crippen molar-refractivity contribution in [2.75, 3.05) is 20.6 Å². The minimum absolute atomic E-state index is 0.115. The van der Waals surface area contributed by atoms with Gasteiger partial charge in [0.15, 0.2) is 0 Å². The SMILES string of the molecule is C[N+]1(C)N=CC=C1N1CCC[C@@H]1c1cc(F)ccc1F. The second-order valence-corrected chi connectivity index (χ2v) is 5.70. The average Bonchev–Trinajstić information content (AvgIpc) is 2.97. The molecule has 1 aromatic carbocycles. The van der Waals surface area contributed by atoms with Gasteiger partial charge in [0, 0.05) is 18.2 Å². The number of rotatable bonds is 2. The van der Waals surface area contributed by atoms with E-state index in [1.807, 2.05) is 20.2 Å². The summed E-state index contributed by atoms with van der Waals surface area (Å²) in [5.74, 6) is 0.294. The number of hydrogen-bond donors (Lipinski definition) is 0. The van der Waals surface area contributed by atoms with E-state index in [-0.39, 0.29) is 11.9 Å². The summed E-state index contributed by atoms with van der Waals surface area (Å²) in [7, 11) is 3.96. The normalized spacial score (nSPS) is 24.3. The molecule has 1 fully saturated rings. The highest BCUT2D eigenvalue weighted by molar-refractivity contribution is 5.72. The van der Waals surface area contributed by atoms with Gasteiger partial charge in [0.2, 0.25) is 5.82 Å². The Balaban J connectivity index is 1.96. The van der Waals surface area contributed by atoms with Crippen LogP contribution in [0.25, 0.3) is 0 Å². The maximum absolute atomic E-state index is 14.0. The average molecular weight is 278 g/mol. The molecule has 0 bridgehead atoms. The Morgan fingerprint density at radius 3 is 2.80 bits per heavy atom. The van der Waals surface area contributed by atoms with Crippen LogP contribution in [0.1, 0.15) is 24.4 Å². The third-order valence-corrected chi connectivity index (χ3v) is 4.00. The summed E-state index contributed by atoms with van der Waals surface area (Å²) >= 11 is 0. The van der Waals surface area contributed by atoms with E-state index in [0.717, 1.165) is 31.3 Å². The molecule has 106 valence electrons. The Labute approximate surface area is 117 Å². The lowest BCUT2D eigenvalue weighted by Crippen LogP contribution is -2.40. The Bertz CT molecular complexity index is 593. The molecule has 5 heteroatoms. The second kappa shape index (κ2) is 4.66. The van der Waals surface area contributed by atoms with Crippen LogP contribution in [-0.4, -0.2) is 36.3 Å².